The van der Waals surface area contributed by atoms with E-state index in [4.69, 9.17) is 0 Å². The molecule has 1 aromatic carbocycles. The van der Waals surface area contributed by atoms with Gasteiger partial charge < -0.3 is 19.8 Å². The first-order valence-electron chi connectivity index (χ1n) is 9.55. The van der Waals surface area contributed by atoms with Crippen molar-refractivity contribution in [1.29, 1.82) is 0 Å². The maximum absolute atomic E-state index is 12.5. The predicted octanol–water partition coefficient (Wildman–Crippen LogP) is 0.806. The lowest BCUT2D eigenvalue weighted by molar-refractivity contribution is -0.144. The van der Waals surface area contributed by atoms with E-state index in [9.17, 15) is 19.2 Å². The molecule has 32 heavy (non-hydrogen) atoms. The second-order valence-corrected chi connectivity index (χ2v) is 6.64. The predicted molar refractivity (Wildman–Crippen MR) is 114 cm³/mol. The molecule has 0 saturated heterocycles. The van der Waals surface area contributed by atoms with E-state index >= 15 is 0 Å². The van der Waals surface area contributed by atoms with Crippen molar-refractivity contribution < 1.29 is 23.9 Å². The van der Waals surface area contributed by atoms with Crippen molar-refractivity contribution in [2.45, 2.75) is 18.9 Å². The third-order valence-corrected chi connectivity index (χ3v) is 4.60. The maximum Gasteiger partial charge on any atom is 0.328 e. The number of benzene rings is 1. The van der Waals surface area contributed by atoms with Crippen LogP contribution in [0.4, 0.5) is 0 Å². The van der Waals surface area contributed by atoms with Crippen molar-refractivity contribution in [3.8, 4) is 12.0 Å². The number of ether oxygens (including phenoxy) is 2. The van der Waals surface area contributed by atoms with E-state index < -0.39 is 23.9 Å². The molecule has 2 heterocycles. The van der Waals surface area contributed by atoms with Gasteiger partial charge in [-0.15, -0.1) is 0 Å². The van der Waals surface area contributed by atoms with Gasteiger partial charge in [0.2, 0.25) is 0 Å². The molecule has 0 aliphatic heterocycles. The Morgan fingerprint density at radius 3 is 2.59 bits per heavy atom. The van der Waals surface area contributed by atoms with Crippen LogP contribution in [0.25, 0.3) is 11.0 Å². The monoisotopic (exact) mass is 436 g/mol. The summed E-state index contributed by atoms with van der Waals surface area (Å²) in [5.74, 6) is 1.16. The first-order chi connectivity index (χ1) is 15.4. The van der Waals surface area contributed by atoms with Crippen LogP contribution < -0.4 is 10.9 Å². The Labute approximate surface area is 182 Å². The van der Waals surface area contributed by atoms with E-state index in [0.717, 1.165) is 0 Å². The summed E-state index contributed by atoms with van der Waals surface area (Å²) in [7, 11) is 2.44. The quantitative estimate of drug-likeness (QED) is 0.432. The Hall–Kier alpha value is -4.39. The van der Waals surface area contributed by atoms with Crippen molar-refractivity contribution in [1.82, 2.24) is 19.9 Å². The molecule has 1 atom stereocenters. The molecule has 1 amide bonds. The van der Waals surface area contributed by atoms with Crippen molar-refractivity contribution in [2.75, 3.05) is 14.2 Å². The molecule has 0 spiro atoms. The molecule has 0 aliphatic rings. The molecule has 0 unspecified atom stereocenters. The van der Waals surface area contributed by atoms with Gasteiger partial charge in [0.25, 0.3) is 11.5 Å². The molecule has 3 rings (SSSR count). The first-order valence-corrected chi connectivity index (χ1v) is 9.55. The largest absolute Gasteiger partial charge is 0.469 e. The number of hydrogen-bond acceptors (Lipinski definition) is 7. The number of aromatic amines is 1. The van der Waals surface area contributed by atoms with Crippen LogP contribution in [0.15, 0.2) is 47.7 Å². The highest BCUT2D eigenvalue weighted by Crippen LogP contribution is 2.07. The van der Waals surface area contributed by atoms with Gasteiger partial charge in [0.15, 0.2) is 0 Å². The molecule has 0 saturated carbocycles. The third kappa shape index (κ3) is 5.20. The lowest BCUT2D eigenvalue weighted by Crippen LogP contribution is -2.41. The summed E-state index contributed by atoms with van der Waals surface area (Å²) >= 11 is 0. The number of carbonyl (C=O) groups is 3. The second-order valence-electron chi connectivity index (χ2n) is 6.64. The minimum Gasteiger partial charge on any atom is -0.469 e. The first kappa shape index (κ1) is 22.3. The highest BCUT2D eigenvalue weighted by molar-refractivity contribution is 5.97. The van der Waals surface area contributed by atoms with Gasteiger partial charge in [0.1, 0.15) is 18.0 Å². The summed E-state index contributed by atoms with van der Waals surface area (Å²) in [6.45, 7) is 0. The number of methoxy groups -OCH3 is 2. The van der Waals surface area contributed by atoms with Crippen LogP contribution in [0.3, 0.4) is 0 Å². The fourth-order valence-electron chi connectivity index (χ4n) is 2.84. The van der Waals surface area contributed by atoms with Crippen LogP contribution in [-0.4, -0.2) is 52.6 Å². The highest BCUT2D eigenvalue weighted by atomic mass is 16.5. The van der Waals surface area contributed by atoms with E-state index in [1.807, 2.05) is 0 Å². The Kier molecular flexibility index (Phi) is 7.02. The van der Waals surface area contributed by atoms with Gasteiger partial charge in [-0.1, -0.05) is 0 Å². The van der Waals surface area contributed by atoms with Crippen LogP contribution in [0.5, 0.6) is 0 Å². The Morgan fingerprint density at radius 2 is 1.91 bits per heavy atom. The molecule has 164 valence electrons. The minimum atomic E-state index is -0.992. The Bertz CT molecular complexity index is 1260. The van der Waals surface area contributed by atoms with E-state index in [1.165, 1.54) is 37.2 Å². The van der Waals surface area contributed by atoms with Gasteiger partial charge in [-0.05, 0) is 42.7 Å². The van der Waals surface area contributed by atoms with Crippen LogP contribution >= 0.6 is 0 Å². The lowest BCUT2D eigenvalue weighted by Gasteiger charge is -2.16. The van der Waals surface area contributed by atoms with E-state index in [0.29, 0.717) is 16.6 Å². The standard InChI is InChI=1S/C22H20N4O6/c1-31-18(27)8-7-17(22(30)32-2)25-20(28)15-5-3-14(4-6-15)10-12-26-13-24-19-16(21(26)29)9-11-23-19/h3-6,9,11,13,17,23H,7-8H2,1-2H3,(H,25,28)/t17-/m0/s1. The molecule has 10 nitrogen and oxygen atoms in total. The Morgan fingerprint density at radius 1 is 1.16 bits per heavy atom. The van der Waals surface area contributed by atoms with Gasteiger partial charge in [0.05, 0.1) is 19.6 Å². The zero-order chi connectivity index (χ0) is 23.1. The van der Waals surface area contributed by atoms with Gasteiger partial charge in [-0.25, -0.2) is 14.3 Å². The smallest absolute Gasteiger partial charge is 0.328 e. The molecular weight excluding hydrogens is 416 g/mol. The number of rotatable bonds is 6. The molecule has 0 bridgehead atoms. The minimum absolute atomic E-state index is 0.0446. The van der Waals surface area contributed by atoms with E-state index in [2.05, 4.69) is 36.7 Å². The molecule has 0 aliphatic carbocycles. The number of carbonyl (C=O) groups excluding carboxylic acids is 3. The summed E-state index contributed by atoms with van der Waals surface area (Å²) in [6, 6.07) is 9.64. The highest BCUT2D eigenvalue weighted by Gasteiger charge is 2.23. The number of amides is 1. The fraction of sp³-hybridized carbons (Fsp3) is 0.227. The number of nitrogens with zero attached hydrogens (tertiary/aromatic N) is 2. The van der Waals surface area contributed by atoms with Crippen LogP contribution in [-0.2, 0) is 19.1 Å². The number of nitrogens with one attached hydrogen (secondary N) is 2. The molecule has 2 N–H and O–H groups in total. The summed E-state index contributed by atoms with van der Waals surface area (Å²) in [5.41, 5.74) is 1.05. The summed E-state index contributed by atoms with van der Waals surface area (Å²) in [4.78, 5) is 55.0. The van der Waals surface area contributed by atoms with Gasteiger partial charge in [0, 0.05) is 29.8 Å². The molecule has 2 aromatic heterocycles. The van der Waals surface area contributed by atoms with Crippen LogP contribution in [0, 0.1) is 12.0 Å². The maximum atomic E-state index is 12.5. The van der Waals surface area contributed by atoms with Crippen molar-refractivity contribution in [2.24, 2.45) is 0 Å². The average molecular weight is 436 g/mol. The topological polar surface area (TPSA) is 132 Å². The number of fused-ring (bicyclic) bond motifs is 1. The number of aromatic nitrogens is 3. The van der Waals surface area contributed by atoms with Crippen molar-refractivity contribution >= 4 is 28.9 Å². The summed E-state index contributed by atoms with van der Waals surface area (Å²) in [5, 5.41) is 2.98. The Balaban J connectivity index is 1.70. The van der Waals surface area contributed by atoms with Gasteiger partial charge >= 0.3 is 11.9 Å². The van der Waals surface area contributed by atoms with Crippen molar-refractivity contribution in [3.63, 3.8) is 0 Å². The lowest BCUT2D eigenvalue weighted by atomic mass is 10.1. The van der Waals surface area contributed by atoms with E-state index in [-0.39, 0.29) is 24.0 Å². The van der Waals surface area contributed by atoms with Crippen LogP contribution in [0.2, 0.25) is 0 Å². The SMILES string of the molecule is COC(=O)CC[C@H](NC(=O)c1ccc(C#Cn2cnc3[nH]ccc3c2=O)cc1)C(=O)OC. The zero-order valence-electron chi connectivity index (χ0n) is 17.4. The summed E-state index contributed by atoms with van der Waals surface area (Å²) in [6.07, 6.45) is 2.95. The fourth-order valence-corrected chi connectivity index (χ4v) is 2.84. The molecule has 0 fully saturated rings. The van der Waals surface area contributed by atoms with Gasteiger partial charge in [-0.2, -0.15) is 0 Å². The van der Waals surface area contributed by atoms with Gasteiger partial charge in [-0.3, -0.25) is 14.4 Å². The second kappa shape index (κ2) is 10.1. The number of hydrogen-bond donors (Lipinski definition) is 2. The van der Waals surface area contributed by atoms with Crippen molar-refractivity contribution in [3.05, 3.63) is 64.3 Å². The zero-order valence-corrected chi connectivity index (χ0v) is 17.4. The molecule has 0 radical (unpaired) electrons. The third-order valence-electron chi connectivity index (χ3n) is 4.60. The number of H-pyrrole nitrogens is 1. The molecule has 3 aromatic rings. The number of esters is 2. The normalized spacial score (nSPS) is 11.2. The molecule has 10 heteroatoms. The molecular formula is C22H20N4O6. The average Bonchev–Trinajstić information content (AvgIpc) is 3.30. The summed E-state index contributed by atoms with van der Waals surface area (Å²) < 4.78 is 10.4. The van der Waals surface area contributed by atoms with E-state index in [1.54, 1.807) is 24.4 Å². The van der Waals surface area contributed by atoms with Crippen LogP contribution in [0.1, 0.15) is 28.8 Å².